The van der Waals surface area contributed by atoms with Crippen molar-refractivity contribution in [3.63, 3.8) is 0 Å². The number of esters is 1. The molecule has 0 saturated carbocycles. The van der Waals surface area contributed by atoms with Gasteiger partial charge >= 0.3 is 11.7 Å². The zero-order valence-corrected chi connectivity index (χ0v) is 15.9. The van der Waals surface area contributed by atoms with Crippen LogP contribution in [0.15, 0.2) is 22.8 Å². The van der Waals surface area contributed by atoms with Gasteiger partial charge in [0.25, 0.3) is 0 Å². The zero-order valence-electron chi connectivity index (χ0n) is 14.3. The van der Waals surface area contributed by atoms with Crippen LogP contribution in [0.1, 0.15) is 26.3 Å². The molecule has 138 valence electrons. The molecule has 1 aliphatic heterocycles. The number of aliphatic imine (C=N–C) groups is 1. The Balaban J connectivity index is 2.53. The standard InChI is InChI=1S/C16H16N2O6S2/c1-4-23-13-8-10(6-11-15(20)26-16(17-11)25-5-2)7-12(18(21)22)14(13)24-9(3)19/h6-8H,4-5H2,1-3H3/b11-6+. The van der Waals surface area contributed by atoms with Crippen LogP contribution >= 0.6 is 23.5 Å². The summed E-state index contributed by atoms with van der Waals surface area (Å²) in [6, 6.07) is 2.69. The van der Waals surface area contributed by atoms with E-state index in [0.29, 0.717) is 9.94 Å². The van der Waals surface area contributed by atoms with Gasteiger partial charge in [0, 0.05) is 13.0 Å². The third kappa shape index (κ3) is 4.85. The molecular formula is C16H16N2O6S2. The maximum Gasteiger partial charge on any atom is 0.316 e. The Bertz CT molecular complexity index is 819. The minimum Gasteiger partial charge on any atom is -0.490 e. The Kier molecular flexibility index (Phi) is 6.81. The second-order valence-corrected chi connectivity index (χ2v) is 7.35. The maximum absolute atomic E-state index is 12.0. The molecule has 1 aromatic rings. The lowest BCUT2D eigenvalue weighted by molar-refractivity contribution is -0.385. The summed E-state index contributed by atoms with van der Waals surface area (Å²) in [5.41, 5.74) is 0.123. The van der Waals surface area contributed by atoms with E-state index >= 15 is 0 Å². The molecule has 1 aromatic carbocycles. The van der Waals surface area contributed by atoms with Gasteiger partial charge in [0.1, 0.15) is 10.1 Å². The van der Waals surface area contributed by atoms with Crippen molar-refractivity contribution in [3.8, 4) is 11.5 Å². The van der Waals surface area contributed by atoms with E-state index in [0.717, 1.165) is 24.4 Å². The molecule has 0 spiro atoms. The fourth-order valence-electron chi connectivity index (χ4n) is 2.07. The monoisotopic (exact) mass is 396 g/mol. The topological polar surface area (TPSA) is 108 Å². The van der Waals surface area contributed by atoms with Gasteiger partial charge in [-0.05, 0) is 42.1 Å². The van der Waals surface area contributed by atoms with Crippen molar-refractivity contribution in [2.45, 2.75) is 20.8 Å². The second-order valence-electron chi connectivity index (χ2n) is 4.88. The second kappa shape index (κ2) is 8.86. The van der Waals surface area contributed by atoms with E-state index in [1.165, 1.54) is 30.0 Å². The van der Waals surface area contributed by atoms with Gasteiger partial charge in [-0.1, -0.05) is 18.7 Å². The number of hydrogen-bond acceptors (Lipinski definition) is 9. The summed E-state index contributed by atoms with van der Waals surface area (Å²) in [6.45, 7) is 5.01. The average Bonchev–Trinajstić information content (AvgIpc) is 2.89. The molecule has 0 fully saturated rings. The molecule has 0 saturated heterocycles. The highest BCUT2D eigenvalue weighted by Crippen LogP contribution is 2.40. The number of nitro benzene ring substituents is 1. The minimum atomic E-state index is -0.701. The van der Waals surface area contributed by atoms with Crippen LogP contribution in [0.5, 0.6) is 11.5 Å². The fraction of sp³-hybridized carbons (Fsp3) is 0.312. The van der Waals surface area contributed by atoms with E-state index in [1.807, 2.05) is 6.92 Å². The number of hydrogen-bond donors (Lipinski definition) is 0. The van der Waals surface area contributed by atoms with Crippen molar-refractivity contribution in [2.24, 2.45) is 4.99 Å². The van der Waals surface area contributed by atoms with Crippen molar-refractivity contribution in [3.05, 3.63) is 33.5 Å². The average molecular weight is 396 g/mol. The zero-order chi connectivity index (χ0) is 19.3. The summed E-state index contributed by atoms with van der Waals surface area (Å²) in [6.07, 6.45) is 1.45. The van der Waals surface area contributed by atoms with Crippen LogP contribution in [0.25, 0.3) is 6.08 Å². The molecule has 0 unspecified atom stereocenters. The number of nitro groups is 1. The van der Waals surface area contributed by atoms with E-state index in [-0.39, 0.29) is 28.9 Å². The molecule has 1 aliphatic rings. The molecular weight excluding hydrogens is 380 g/mol. The SMILES string of the molecule is CCOc1cc(/C=C2/N=C(SCC)SC2=O)cc([N+](=O)[O-])c1OC(C)=O. The van der Waals surface area contributed by atoms with Crippen molar-refractivity contribution in [1.29, 1.82) is 0 Å². The third-order valence-corrected chi connectivity index (χ3v) is 4.86. The van der Waals surface area contributed by atoms with Crippen LogP contribution in [0.2, 0.25) is 0 Å². The van der Waals surface area contributed by atoms with Crippen molar-refractivity contribution in [1.82, 2.24) is 0 Å². The summed E-state index contributed by atoms with van der Waals surface area (Å²) in [5, 5.41) is 11.2. The van der Waals surface area contributed by atoms with Gasteiger partial charge in [-0.15, -0.1) is 0 Å². The molecule has 8 nitrogen and oxygen atoms in total. The molecule has 0 aromatic heterocycles. The largest absolute Gasteiger partial charge is 0.490 e. The van der Waals surface area contributed by atoms with E-state index in [1.54, 1.807) is 6.92 Å². The van der Waals surface area contributed by atoms with Gasteiger partial charge in [-0.25, -0.2) is 4.99 Å². The number of nitrogens with zero attached hydrogens (tertiary/aromatic N) is 2. The predicted molar refractivity (Wildman–Crippen MR) is 102 cm³/mol. The Hall–Kier alpha value is -2.33. The highest BCUT2D eigenvalue weighted by atomic mass is 32.2. The molecule has 10 heteroatoms. The van der Waals surface area contributed by atoms with Crippen LogP contribution in [0, 0.1) is 10.1 Å². The number of thioether (sulfide) groups is 2. The first-order valence-electron chi connectivity index (χ1n) is 7.64. The molecule has 0 amide bonds. The third-order valence-electron chi connectivity index (χ3n) is 2.97. The van der Waals surface area contributed by atoms with Gasteiger partial charge < -0.3 is 9.47 Å². The molecule has 1 heterocycles. The van der Waals surface area contributed by atoms with Crippen molar-refractivity contribution >= 4 is 50.7 Å². The highest BCUT2D eigenvalue weighted by molar-refractivity contribution is 8.45. The van der Waals surface area contributed by atoms with Gasteiger partial charge in [-0.3, -0.25) is 19.7 Å². The maximum atomic E-state index is 12.0. The van der Waals surface area contributed by atoms with Crippen LogP contribution < -0.4 is 9.47 Å². The summed E-state index contributed by atoms with van der Waals surface area (Å²) >= 11 is 2.47. The highest BCUT2D eigenvalue weighted by Gasteiger charge is 2.26. The van der Waals surface area contributed by atoms with Crippen LogP contribution in [-0.4, -0.2) is 32.7 Å². The van der Waals surface area contributed by atoms with E-state index in [9.17, 15) is 19.7 Å². The quantitative estimate of drug-likeness (QED) is 0.236. The summed E-state index contributed by atoms with van der Waals surface area (Å²) in [5.74, 6) is -0.129. The summed E-state index contributed by atoms with van der Waals surface area (Å²) in [4.78, 5) is 38.3. The summed E-state index contributed by atoms with van der Waals surface area (Å²) < 4.78 is 11.0. The lowest BCUT2D eigenvalue weighted by Gasteiger charge is -2.11. The van der Waals surface area contributed by atoms with E-state index in [2.05, 4.69) is 4.99 Å². The lowest BCUT2D eigenvalue weighted by Crippen LogP contribution is -2.07. The molecule has 0 atom stereocenters. The Labute approximate surface area is 158 Å². The number of rotatable bonds is 6. The first-order chi connectivity index (χ1) is 12.3. The predicted octanol–water partition coefficient (Wildman–Crippen LogP) is 3.64. The normalized spacial score (nSPS) is 15.1. The molecule has 2 rings (SSSR count). The molecule has 0 bridgehead atoms. The van der Waals surface area contributed by atoms with Crippen LogP contribution in [-0.2, 0) is 9.59 Å². The van der Waals surface area contributed by atoms with Gasteiger partial charge in [0.15, 0.2) is 5.75 Å². The molecule has 0 N–H and O–H groups in total. The van der Waals surface area contributed by atoms with Gasteiger partial charge in [0.05, 0.1) is 11.5 Å². The Morgan fingerprint density at radius 1 is 1.42 bits per heavy atom. The lowest BCUT2D eigenvalue weighted by atomic mass is 10.1. The van der Waals surface area contributed by atoms with E-state index in [4.69, 9.17) is 9.47 Å². The number of carbonyl (C=O) groups excluding carboxylic acids is 2. The molecule has 0 radical (unpaired) electrons. The molecule has 26 heavy (non-hydrogen) atoms. The van der Waals surface area contributed by atoms with Crippen molar-refractivity contribution < 1.29 is 24.0 Å². The fourth-order valence-corrected chi connectivity index (χ4v) is 3.81. The Morgan fingerprint density at radius 2 is 2.15 bits per heavy atom. The van der Waals surface area contributed by atoms with E-state index < -0.39 is 16.6 Å². The van der Waals surface area contributed by atoms with Crippen LogP contribution in [0.3, 0.4) is 0 Å². The van der Waals surface area contributed by atoms with Crippen LogP contribution in [0.4, 0.5) is 5.69 Å². The van der Waals surface area contributed by atoms with Gasteiger partial charge in [0.2, 0.25) is 10.9 Å². The first kappa shape index (κ1) is 20.0. The summed E-state index contributed by atoms with van der Waals surface area (Å²) in [7, 11) is 0. The first-order valence-corrected chi connectivity index (χ1v) is 9.44. The van der Waals surface area contributed by atoms with Gasteiger partial charge in [-0.2, -0.15) is 0 Å². The van der Waals surface area contributed by atoms with Crippen molar-refractivity contribution in [2.75, 3.05) is 12.4 Å². The number of ether oxygens (including phenoxy) is 2. The Morgan fingerprint density at radius 3 is 2.73 bits per heavy atom. The molecule has 0 aliphatic carbocycles. The smallest absolute Gasteiger partial charge is 0.316 e. The minimum absolute atomic E-state index is 0.0500. The number of benzene rings is 1. The number of carbonyl (C=O) groups is 2.